The van der Waals surface area contributed by atoms with E-state index >= 15 is 0 Å². The number of rotatable bonds is 9. The fraction of sp³-hybridized carbons (Fsp3) is 0.222. The lowest BCUT2D eigenvalue weighted by Crippen LogP contribution is -2.26. The molecule has 6 nitrogen and oxygen atoms in total. The van der Waals surface area contributed by atoms with Crippen LogP contribution in [0.3, 0.4) is 0 Å². The summed E-state index contributed by atoms with van der Waals surface area (Å²) < 4.78 is 47.1. The van der Waals surface area contributed by atoms with Gasteiger partial charge in [-0.05, 0) is 49.8 Å². The lowest BCUT2D eigenvalue weighted by molar-refractivity contribution is 0.0953. The Labute approximate surface area is 216 Å². The molecule has 0 aliphatic heterocycles. The van der Waals surface area contributed by atoms with Gasteiger partial charge in [0, 0.05) is 41.3 Å². The summed E-state index contributed by atoms with van der Waals surface area (Å²) >= 11 is 1.22. The molecular formula is C27H26F3N3O3S. The number of H-pyrrole nitrogens is 1. The SMILES string of the molecule is CCC(C)=C(CNC(=O)c1cc(C(=O)C2=C(F)CC=C(F)C=C2F)c[nH]1)SC(=N)c1ccc(OC)cc1. The van der Waals surface area contributed by atoms with Crippen LogP contribution >= 0.6 is 11.8 Å². The maximum absolute atomic E-state index is 14.3. The molecule has 3 N–H and O–H groups in total. The number of allylic oxidation sites excluding steroid dienone is 7. The molecule has 0 saturated carbocycles. The number of carbonyl (C=O) groups is 2. The number of amides is 1. The molecule has 1 amide bonds. The Morgan fingerprint density at radius 3 is 2.51 bits per heavy atom. The van der Waals surface area contributed by atoms with Crippen LogP contribution in [0.5, 0.6) is 5.75 Å². The molecule has 1 aromatic carbocycles. The Balaban J connectivity index is 1.69. The van der Waals surface area contributed by atoms with Gasteiger partial charge in [-0.2, -0.15) is 0 Å². The van der Waals surface area contributed by atoms with Crippen molar-refractivity contribution in [2.24, 2.45) is 0 Å². The Morgan fingerprint density at radius 1 is 1.16 bits per heavy atom. The van der Waals surface area contributed by atoms with Crippen molar-refractivity contribution >= 4 is 28.5 Å². The number of Topliss-reactive ketones (excluding diaryl/α,β-unsaturated/α-hetero) is 1. The molecule has 10 heteroatoms. The molecule has 1 aliphatic carbocycles. The van der Waals surface area contributed by atoms with E-state index in [2.05, 4.69) is 10.3 Å². The number of thioether (sulfide) groups is 1. The maximum Gasteiger partial charge on any atom is 0.267 e. The van der Waals surface area contributed by atoms with Gasteiger partial charge in [-0.15, -0.1) is 0 Å². The van der Waals surface area contributed by atoms with Crippen LogP contribution in [0, 0.1) is 5.41 Å². The van der Waals surface area contributed by atoms with Crippen molar-refractivity contribution in [3.05, 3.63) is 99.0 Å². The number of benzene rings is 1. The quantitative estimate of drug-likeness (QED) is 0.191. The molecule has 0 spiro atoms. The minimum Gasteiger partial charge on any atom is -0.497 e. The molecule has 0 unspecified atom stereocenters. The first-order valence-electron chi connectivity index (χ1n) is 11.4. The number of aromatic amines is 1. The second-order valence-electron chi connectivity index (χ2n) is 8.10. The van der Waals surface area contributed by atoms with E-state index in [4.69, 9.17) is 10.1 Å². The minimum absolute atomic E-state index is 0.00964. The molecule has 1 aliphatic rings. The Kier molecular flexibility index (Phi) is 9.35. The summed E-state index contributed by atoms with van der Waals surface area (Å²) in [7, 11) is 1.56. The topological polar surface area (TPSA) is 95.0 Å². The molecule has 1 heterocycles. The van der Waals surface area contributed by atoms with Crippen LogP contribution in [0.1, 0.15) is 53.1 Å². The number of aromatic nitrogens is 1. The predicted octanol–water partition coefficient (Wildman–Crippen LogP) is 6.71. The van der Waals surface area contributed by atoms with Gasteiger partial charge < -0.3 is 15.0 Å². The van der Waals surface area contributed by atoms with Crippen LogP contribution < -0.4 is 10.1 Å². The van der Waals surface area contributed by atoms with Gasteiger partial charge >= 0.3 is 0 Å². The highest BCUT2D eigenvalue weighted by atomic mass is 32.2. The molecule has 37 heavy (non-hydrogen) atoms. The number of methoxy groups -OCH3 is 1. The first-order valence-corrected chi connectivity index (χ1v) is 12.2. The fourth-order valence-corrected chi connectivity index (χ4v) is 4.32. The van der Waals surface area contributed by atoms with Crippen molar-refractivity contribution in [1.29, 1.82) is 5.41 Å². The Hall–Kier alpha value is -3.79. The predicted molar refractivity (Wildman–Crippen MR) is 139 cm³/mol. The largest absolute Gasteiger partial charge is 0.497 e. The Morgan fingerprint density at radius 2 is 1.86 bits per heavy atom. The second-order valence-corrected chi connectivity index (χ2v) is 9.20. The number of halogens is 3. The summed E-state index contributed by atoms with van der Waals surface area (Å²) in [4.78, 5) is 28.9. The molecule has 194 valence electrons. The molecular weight excluding hydrogens is 503 g/mol. The van der Waals surface area contributed by atoms with E-state index in [0.29, 0.717) is 28.9 Å². The number of carbonyl (C=O) groups excluding carboxylic acids is 2. The van der Waals surface area contributed by atoms with Gasteiger partial charge in [-0.1, -0.05) is 24.3 Å². The van der Waals surface area contributed by atoms with Crippen LogP contribution in [-0.4, -0.2) is 35.4 Å². The summed E-state index contributed by atoms with van der Waals surface area (Å²) in [5.74, 6) is -4.26. The summed E-state index contributed by atoms with van der Waals surface area (Å²) in [5.41, 5.74) is 0.687. The van der Waals surface area contributed by atoms with Crippen LogP contribution in [0.2, 0.25) is 0 Å². The monoisotopic (exact) mass is 529 g/mol. The second kappa shape index (κ2) is 12.4. The van der Waals surface area contributed by atoms with Crippen LogP contribution in [0.4, 0.5) is 13.2 Å². The van der Waals surface area contributed by atoms with Crippen molar-refractivity contribution in [3.8, 4) is 5.75 Å². The van der Waals surface area contributed by atoms with Gasteiger partial charge in [0.05, 0.1) is 17.7 Å². The molecule has 0 bridgehead atoms. The van der Waals surface area contributed by atoms with Crippen molar-refractivity contribution in [1.82, 2.24) is 10.3 Å². The molecule has 1 aromatic heterocycles. The molecule has 0 radical (unpaired) electrons. The summed E-state index contributed by atoms with van der Waals surface area (Å²) in [6.45, 7) is 4.01. The normalized spacial score (nSPS) is 14.3. The van der Waals surface area contributed by atoms with Crippen molar-refractivity contribution in [2.45, 2.75) is 26.7 Å². The summed E-state index contributed by atoms with van der Waals surface area (Å²) in [6.07, 6.45) is 2.61. The van der Waals surface area contributed by atoms with Crippen molar-refractivity contribution < 1.29 is 27.5 Å². The molecule has 0 fully saturated rings. The highest BCUT2D eigenvalue weighted by Gasteiger charge is 2.25. The smallest absolute Gasteiger partial charge is 0.267 e. The highest BCUT2D eigenvalue weighted by molar-refractivity contribution is 8.17. The molecule has 3 rings (SSSR count). The minimum atomic E-state index is -1.32. The van der Waals surface area contributed by atoms with E-state index in [1.54, 1.807) is 31.4 Å². The first-order chi connectivity index (χ1) is 17.6. The summed E-state index contributed by atoms with van der Waals surface area (Å²) in [6, 6.07) is 8.26. The molecule has 0 atom stereocenters. The zero-order valence-corrected chi connectivity index (χ0v) is 21.3. The average molecular weight is 530 g/mol. The third-order valence-corrected chi connectivity index (χ3v) is 6.84. The third kappa shape index (κ3) is 6.91. The lowest BCUT2D eigenvalue weighted by atomic mass is 10.0. The van der Waals surface area contributed by atoms with E-state index in [0.717, 1.165) is 16.6 Å². The Bertz CT molecular complexity index is 1340. The van der Waals surface area contributed by atoms with Gasteiger partial charge in [0.2, 0.25) is 0 Å². The zero-order valence-electron chi connectivity index (χ0n) is 20.5. The van der Waals surface area contributed by atoms with Crippen LogP contribution in [-0.2, 0) is 0 Å². The van der Waals surface area contributed by atoms with Gasteiger partial charge in [0.25, 0.3) is 5.91 Å². The van der Waals surface area contributed by atoms with Gasteiger partial charge in [0.1, 0.15) is 28.9 Å². The number of hydrogen-bond acceptors (Lipinski definition) is 5. The lowest BCUT2D eigenvalue weighted by Gasteiger charge is -2.13. The van der Waals surface area contributed by atoms with Crippen LogP contribution in [0.25, 0.3) is 0 Å². The van der Waals surface area contributed by atoms with E-state index in [-0.39, 0.29) is 17.8 Å². The number of nitrogens with one attached hydrogen (secondary N) is 3. The standard InChI is InChI=1S/C27H26F3N3O3S/c1-4-15(2)23(37-26(31)16-5-8-19(36-3)9-6-16)14-33-27(35)22-11-17(13-32-22)25(34)24-20(29)10-7-18(28)12-21(24)30/h5-9,11-13,31-32H,4,10,14H2,1-3H3,(H,33,35). The van der Waals surface area contributed by atoms with E-state index < -0.39 is 41.2 Å². The van der Waals surface area contributed by atoms with Gasteiger partial charge in [-0.3, -0.25) is 15.0 Å². The van der Waals surface area contributed by atoms with E-state index in [1.807, 2.05) is 13.8 Å². The highest BCUT2D eigenvalue weighted by Crippen LogP contribution is 2.30. The fourth-order valence-electron chi connectivity index (χ4n) is 3.35. The maximum atomic E-state index is 14.3. The zero-order chi connectivity index (χ0) is 27.1. The van der Waals surface area contributed by atoms with Gasteiger partial charge in [-0.25, -0.2) is 13.2 Å². The number of ketones is 1. The van der Waals surface area contributed by atoms with Gasteiger partial charge in [0.15, 0.2) is 5.78 Å². The third-order valence-electron chi connectivity index (χ3n) is 5.66. The molecule has 0 saturated heterocycles. The summed E-state index contributed by atoms with van der Waals surface area (Å²) in [5, 5.41) is 11.5. The first kappa shape index (κ1) is 27.8. The number of ether oxygens (including phenoxy) is 1. The molecule has 2 aromatic rings. The average Bonchev–Trinajstić information content (AvgIpc) is 3.35. The van der Waals surface area contributed by atoms with Crippen LogP contribution in [0.15, 0.2) is 82.2 Å². The number of hydrogen-bond donors (Lipinski definition) is 3. The van der Waals surface area contributed by atoms with E-state index in [9.17, 15) is 22.8 Å². The van der Waals surface area contributed by atoms with Crippen molar-refractivity contribution in [2.75, 3.05) is 13.7 Å². The van der Waals surface area contributed by atoms with Crippen molar-refractivity contribution in [3.63, 3.8) is 0 Å². The van der Waals surface area contributed by atoms with E-state index in [1.165, 1.54) is 24.0 Å².